The molecule has 0 aromatic rings. The summed E-state index contributed by atoms with van der Waals surface area (Å²) >= 11 is 11.5. The summed E-state index contributed by atoms with van der Waals surface area (Å²) in [5.74, 6) is 1.61. The van der Waals surface area contributed by atoms with Crippen molar-refractivity contribution in [2.24, 2.45) is 0 Å². The van der Waals surface area contributed by atoms with Gasteiger partial charge in [0.05, 0.1) is 8.80 Å². The number of alkyl halides is 2. The summed E-state index contributed by atoms with van der Waals surface area (Å²) in [5.41, 5.74) is 0.616. The first-order valence-electron chi connectivity index (χ1n) is 6.12. The average molecular weight is 269 g/mol. The molecule has 90 valence electrons. The van der Waals surface area contributed by atoms with E-state index in [2.05, 4.69) is 0 Å². The fraction of sp³-hybridized carbons (Fsp3) is 1.00. The van der Waals surface area contributed by atoms with Gasteiger partial charge in [-0.25, -0.2) is 0 Å². The molecule has 0 amide bonds. The second-order valence-electron chi connectivity index (χ2n) is 4.33. The van der Waals surface area contributed by atoms with Gasteiger partial charge in [-0.05, 0) is 32.1 Å². The normalized spacial score (nSPS) is 22.2. The molecular weight excluding hydrogens is 247 g/mol. The minimum atomic E-state index is -0.742. The predicted molar refractivity (Wildman–Crippen MR) is 71.0 cm³/mol. The highest BCUT2D eigenvalue weighted by atomic mass is 35.5. The summed E-state index contributed by atoms with van der Waals surface area (Å²) in [5, 5.41) is 0. The summed E-state index contributed by atoms with van der Waals surface area (Å²) < 4.78 is 5.91. The Morgan fingerprint density at radius 3 is 2.20 bits per heavy atom. The van der Waals surface area contributed by atoms with Gasteiger partial charge in [-0.2, -0.15) is 0 Å². The third-order valence-electron chi connectivity index (χ3n) is 3.16. The zero-order valence-electron chi connectivity index (χ0n) is 9.39. The van der Waals surface area contributed by atoms with Crippen LogP contribution in [0.3, 0.4) is 0 Å². The molecular formula is C11H22Cl2OSi. The Labute approximate surface area is 105 Å². The average Bonchev–Trinajstić information content (AvgIpc) is 2.30. The second-order valence-corrected chi connectivity index (χ2v) is 8.50. The minimum absolute atomic E-state index is 0.616. The van der Waals surface area contributed by atoms with Crippen molar-refractivity contribution in [2.45, 2.75) is 49.9 Å². The summed E-state index contributed by atoms with van der Waals surface area (Å²) in [6.07, 6.45) is 6.24. The molecule has 1 unspecified atom stereocenters. The molecule has 1 aliphatic heterocycles. The lowest BCUT2D eigenvalue weighted by molar-refractivity contribution is 0.0620. The lowest BCUT2D eigenvalue weighted by Gasteiger charge is -2.29. The van der Waals surface area contributed by atoms with E-state index in [1.807, 2.05) is 0 Å². The zero-order valence-corrected chi connectivity index (χ0v) is 12.1. The van der Waals surface area contributed by atoms with E-state index in [0.717, 1.165) is 18.4 Å². The van der Waals surface area contributed by atoms with Crippen molar-refractivity contribution < 1.29 is 4.74 Å². The molecule has 0 N–H and O–H groups in total. The second kappa shape index (κ2) is 8.86. The van der Waals surface area contributed by atoms with Crippen LogP contribution >= 0.6 is 23.2 Å². The van der Waals surface area contributed by atoms with Gasteiger partial charge in [0.2, 0.25) is 0 Å². The summed E-state index contributed by atoms with van der Waals surface area (Å²) in [4.78, 5) is 0. The molecule has 0 saturated carbocycles. The van der Waals surface area contributed by atoms with E-state index < -0.39 is 8.80 Å². The molecule has 0 aliphatic carbocycles. The molecule has 1 atom stereocenters. The molecule has 0 radical (unpaired) electrons. The van der Waals surface area contributed by atoms with E-state index in [9.17, 15) is 0 Å². The van der Waals surface area contributed by atoms with Gasteiger partial charge in [0.1, 0.15) is 0 Å². The van der Waals surface area contributed by atoms with E-state index >= 15 is 0 Å². The summed E-state index contributed by atoms with van der Waals surface area (Å²) in [6, 6.07) is 2.68. The third-order valence-corrected chi connectivity index (χ3v) is 7.57. The molecule has 1 heterocycles. The number of hydrogen-bond acceptors (Lipinski definition) is 1. The Balaban J connectivity index is 2.30. The van der Waals surface area contributed by atoms with Crippen molar-refractivity contribution in [3.63, 3.8) is 0 Å². The fourth-order valence-electron chi connectivity index (χ4n) is 2.33. The first-order valence-corrected chi connectivity index (χ1v) is 9.49. The van der Waals surface area contributed by atoms with Gasteiger partial charge < -0.3 is 4.74 Å². The van der Waals surface area contributed by atoms with Crippen LogP contribution in [-0.4, -0.2) is 32.9 Å². The van der Waals surface area contributed by atoms with Crippen LogP contribution in [0.5, 0.6) is 0 Å². The molecule has 1 saturated heterocycles. The van der Waals surface area contributed by atoms with E-state index in [4.69, 9.17) is 27.9 Å². The number of halogens is 2. The lowest BCUT2D eigenvalue weighted by atomic mass is 10.2. The van der Waals surface area contributed by atoms with E-state index in [0.29, 0.717) is 5.73 Å². The third kappa shape index (κ3) is 5.57. The number of rotatable bonds is 7. The molecule has 0 bridgehead atoms. The highest BCUT2D eigenvalue weighted by molar-refractivity contribution is 6.60. The van der Waals surface area contributed by atoms with Crippen LogP contribution in [0.15, 0.2) is 0 Å². The maximum absolute atomic E-state index is 5.91. The van der Waals surface area contributed by atoms with Crippen LogP contribution in [0.2, 0.25) is 12.1 Å². The first-order chi connectivity index (χ1) is 7.38. The highest BCUT2D eigenvalue weighted by Crippen LogP contribution is 2.22. The van der Waals surface area contributed by atoms with Crippen molar-refractivity contribution in [3.8, 4) is 0 Å². The molecule has 0 spiro atoms. The van der Waals surface area contributed by atoms with Crippen LogP contribution in [0.1, 0.15) is 32.1 Å². The lowest BCUT2D eigenvalue weighted by Crippen LogP contribution is -2.36. The summed E-state index contributed by atoms with van der Waals surface area (Å²) in [6.45, 7) is 0.982. The van der Waals surface area contributed by atoms with Gasteiger partial charge in [0, 0.05) is 24.1 Å². The van der Waals surface area contributed by atoms with Gasteiger partial charge >= 0.3 is 0 Å². The SMILES string of the molecule is ClCCC[SiH](CCCCl)C1CCCCO1. The minimum Gasteiger partial charge on any atom is -0.382 e. The smallest absolute Gasteiger partial charge is 0.0717 e. The van der Waals surface area contributed by atoms with Crippen molar-refractivity contribution >= 4 is 32.0 Å². The number of ether oxygens (including phenoxy) is 1. The standard InChI is InChI=1S/C11H22Cl2OSi/c12-6-3-9-15(10-4-7-13)11-5-1-2-8-14-11/h11,15H,1-10H2. The van der Waals surface area contributed by atoms with Crippen molar-refractivity contribution in [3.05, 3.63) is 0 Å². The molecule has 1 fully saturated rings. The molecule has 1 rings (SSSR count). The topological polar surface area (TPSA) is 9.23 Å². The van der Waals surface area contributed by atoms with E-state index in [1.165, 1.54) is 44.2 Å². The van der Waals surface area contributed by atoms with Crippen molar-refractivity contribution in [2.75, 3.05) is 18.4 Å². The van der Waals surface area contributed by atoms with Gasteiger partial charge in [-0.15, -0.1) is 23.2 Å². The van der Waals surface area contributed by atoms with Crippen LogP contribution in [0.25, 0.3) is 0 Å². The first kappa shape index (κ1) is 13.8. The highest BCUT2D eigenvalue weighted by Gasteiger charge is 2.24. The largest absolute Gasteiger partial charge is 0.382 e. The van der Waals surface area contributed by atoms with Gasteiger partial charge in [0.25, 0.3) is 0 Å². The van der Waals surface area contributed by atoms with Crippen LogP contribution in [0.4, 0.5) is 0 Å². The zero-order chi connectivity index (χ0) is 10.9. The Morgan fingerprint density at radius 1 is 1.07 bits per heavy atom. The molecule has 1 nitrogen and oxygen atoms in total. The predicted octanol–water partition coefficient (Wildman–Crippen LogP) is 3.58. The van der Waals surface area contributed by atoms with Crippen LogP contribution in [0, 0.1) is 0 Å². The Morgan fingerprint density at radius 2 is 1.73 bits per heavy atom. The monoisotopic (exact) mass is 268 g/mol. The Hall–Kier alpha value is 0.757. The van der Waals surface area contributed by atoms with Crippen LogP contribution in [-0.2, 0) is 4.74 Å². The van der Waals surface area contributed by atoms with E-state index in [-0.39, 0.29) is 0 Å². The fourth-order valence-corrected chi connectivity index (χ4v) is 6.76. The van der Waals surface area contributed by atoms with Gasteiger partial charge in [-0.1, -0.05) is 12.1 Å². The summed E-state index contributed by atoms with van der Waals surface area (Å²) in [7, 11) is -0.742. The van der Waals surface area contributed by atoms with E-state index in [1.54, 1.807) is 0 Å². The maximum atomic E-state index is 5.91. The Kier molecular flexibility index (Phi) is 8.16. The van der Waals surface area contributed by atoms with Gasteiger partial charge in [-0.3, -0.25) is 0 Å². The molecule has 15 heavy (non-hydrogen) atoms. The van der Waals surface area contributed by atoms with Crippen molar-refractivity contribution in [1.29, 1.82) is 0 Å². The molecule has 1 aliphatic rings. The van der Waals surface area contributed by atoms with Crippen LogP contribution < -0.4 is 0 Å². The number of hydrogen-bond donors (Lipinski definition) is 0. The maximum Gasteiger partial charge on any atom is 0.0717 e. The quantitative estimate of drug-likeness (QED) is 0.507. The molecule has 0 aromatic carbocycles. The van der Waals surface area contributed by atoms with Gasteiger partial charge in [0.15, 0.2) is 0 Å². The molecule has 4 heteroatoms. The molecule has 0 aromatic heterocycles. The van der Waals surface area contributed by atoms with Crippen molar-refractivity contribution in [1.82, 2.24) is 0 Å². The Bertz CT molecular complexity index is 144.